The summed E-state index contributed by atoms with van der Waals surface area (Å²) in [5.74, 6) is -2.65. The number of carbonyl (C=O) groups is 4. The van der Waals surface area contributed by atoms with E-state index in [1.807, 2.05) is 19.1 Å². The number of benzene rings is 2. The molecule has 2 saturated heterocycles. The van der Waals surface area contributed by atoms with E-state index in [4.69, 9.17) is 26.8 Å². The molecule has 5 rings (SSSR count). The van der Waals surface area contributed by atoms with Crippen LogP contribution in [-0.2, 0) is 31.1 Å². The molecule has 0 bridgehead atoms. The summed E-state index contributed by atoms with van der Waals surface area (Å²) in [5, 5.41) is 4.84. The number of likely N-dealkylation sites (tertiary alicyclic amines) is 1. The highest BCUT2D eigenvalue weighted by Gasteiger charge is 2.74. The summed E-state index contributed by atoms with van der Waals surface area (Å²) in [7, 11) is 3.07. The number of nitrogens with zero attached hydrogens (tertiary/aromatic N) is 1. The lowest BCUT2D eigenvalue weighted by Gasteiger charge is -2.26. The van der Waals surface area contributed by atoms with Gasteiger partial charge in [-0.1, -0.05) is 17.7 Å². The Morgan fingerprint density at radius 2 is 1.86 bits per heavy atom. The number of quaternary nitrogens is 1. The summed E-state index contributed by atoms with van der Waals surface area (Å²) in [5.41, 5.74) is 6.72. The lowest BCUT2D eigenvalue weighted by Crippen LogP contribution is -2.99. The zero-order chi connectivity index (χ0) is 26.6. The molecule has 11 heteroatoms. The van der Waals surface area contributed by atoms with Crippen LogP contribution in [0.3, 0.4) is 0 Å². The van der Waals surface area contributed by atoms with E-state index in [1.165, 1.54) is 12.0 Å². The summed E-state index contributed by atoms with van der Waals surface area (Å²) in [6.45, 7) is 1.95. The van der Waals surface area contributed by atoms with Gasteiger partial charge in [0.15, 0.2) is 11.5 Å². The number of imide groups is 1. The van der Waals surface area contributed by atoms with Gasteiger partial charge in [0.2, 0.25) is 23.3 Å². The lowest BCUT2D eigenvalue weighted by molar-refractivity contribution is -0.732. The van der Waals surface area contributed by atoms with Crippen molar-refractivity contribution in [2.24, 2.45) is 17.6 Å². The molecule has 0 unspecified atom stereocenters. The Hall–Kier alpha value is -3.63. The third-order valence-corrected chi connectivity index (χ3v) is 7.97. The van der Waals surface area contributed by atoms with Gasteiger partial charge in [-0.05, 0) is 48.7 Å². The van der Waals surface area contributed by atoms with E-state index in [2.05, 4.69) is 5.32 Å². The number of halogens is 1. The Balaban J connectivity index is 1.51. The van der Waals surface area contributed by atoms with Crippen molar-refractivity contribution in [2.45, 2.75) is 31.3 Å². The fraction of sp³-hybridized carbons (Fsp3) is 0.385. The Kier molecular flexibility index (Phi) is 6.12. The Morgan fingerprint density at radius 3 is 2.54 bits per heavy atom. The summed E-state index contributed by atoms with van der Waals surface area (Å²) in [6.07, 6.45) is 0.232. The molecular formula is C26H28ClN4O6+. The zero-order valence-corrected chi connectivity index (χ0v) is 21.4. The number of carbonyl (C=O) groups excluding carboxylic acids is 4. The molecule has 4 amide bonds. The van der Waals surface area contributed by atoms with Gasteiger partial charge in [0.25, 0.3) is 5.91 Å². The molecule has 0 aliphatic carbocycles. The van der Waals surface area contributed by atoms with Crippen LogP contribution < -0.4 is 25.8 Å². The summed E-state index contributed by atoms with van der Waals surface area (Å²) >= 11 is 6.44. The zero-order valence-electron chi connectivity index (χ0n) is 20.7. The number of nitrogens with two attached hydrogens (primary N) is 2. The van der Waals surface area contributed by atoms with Crippen molar-refractivity contribution in [2.75, 3.05) is 26.1 Å². The number of anilines is 1. The molecule has 37 heavy (non-hydrogen) atoms. The molecule has 0 radical (unpaired) electrons. The molecule has 5 N–H and O–H groups in total. The van der Waals surface area contributed by atoms with Crippen molar-refractivity contribution < 1.29 is 34.0 Å². The number of hydrogen-bond acceptors (Lipinski definition) is 6. The summed E-state index contributed by atoms with van der Waals surface area (Å²) < 4.78 is 10.6. The normalized spacial score (nSPS) is 25.9. The van der Waals surface area contributed by atoms with Crippen molar-refractivity contribution in [1.29, 1.82) is 0 Å². The number of hydrogen-bond donors (Lipinski definition) is 3. The minimum Gasteiger partial charge on any atom is -0.493 e. The monoisotopic (exact) mass is 527 g/mol. The maximum atomic E-state index is 13.9. The minimum atomic E-state index is -1.42. The van der Waals surface area contributed by atoms with Crippen LogP contribution >= 0.6 is 11.6 Å². The van der Waals surface area contributed by atoms with E-state index >= 15 is 0 Å². The smallest absolute Gasteiger partial charge is 0.291 e. The average Bonchev–Trinajstić information content (AvgIpc) is 3.42. The number of nitrogens with one attached hydrogen (secondary N) is 1. The van der Waals surface area contributed by atoms with Gasteiger partial charge < -0.3 is 25.8 Å². The predicted octanol–water partition coefficient (Wildman–Crippen LogP) is 0.478. The maximum Gasteiger partial charge on any atom is 0.291 e. The van der Waals surface area contributed by atoms with Gasteiger partial charge in [0.1, 0.15) is 17.9 Å². The second-order valence-corrected chi connectivity index (χ2v) is 10.2. The average molecular weight is 528 g/mol. The topological polar surface area (TPSA) is 145 Å². The van der Waals surface area contributed by atoms with Crippen molar-refractivity contribution in [3.8, 4) is 11.5 Å². The first kappa shape index (κ1) is 25.0. The first-order chi connectivity index (χ1) is 17.6. The Morgan fingerprint density at radius 1 is 1.14 bits per heavy atom. The lowest BCUT2D eigenvalue weighted by atomic mass is 9.76. The molecule has 2 fully saturated rings. The van der Waals surface area contributed by atoms with E-state index in [0.717, 1.165) is 11.1 Å². The van der Waals surface area contributed by atoms with Crippen LogP contribution in [-0.4, -0.2) is 55.3 Å². The van der Waals surface area contributed by atoms with E-state index in [-0.39, 0.29) is 13.0 Å². The second kappa shape index (κ2) is 9.04. The van der Waals surface area contributed by atoms with Crippen molar-refractivity contribution in [3.63, 3.8) is 0 Å². The van der Waals surface area contributed by atoms with Gasteiger partial charge in [0, 0.05) is 12.1 Å². The van der Waals surface area contributed by atoms with Gasteiger partial charge >= 0.3 is 0 Å². The molecule has 0 saturated carbocycles. The molecule has 2 aromatic carbocycles. The molecule has 3 aliphatic heterocycles. The maximum absolute atomic E-state index is 13.9. The first-order valence-electron chi connectivity index (χ1n) is 11.9. The number of methoxy groups -OCH3 is 2. The highest BCUT2D eigenvalue weighted by Crippen LogP contribution is 2.51. The van der Waals surface area contributed by atoms with Crippen molar-refractivity contribution in [3.05, 3.63) is 52.0 Å². The SMILES string of the molecule is COc1ccc(CCN2C(=O)[C@H]3[C@@H](C2=O)[C@@]2([NH2+][C@@H]3CC(N)=O)C(=O)Nc3c(Cl)cc(C)cc32)cc1OC. The Bertz CT molecular complexity index is 1350. The number of rotatable bonds is 7. The highest BCUT2D eigenvalue weighted by atomic mass is 35.5. The molecule has 2 aromatic rings. The minimum absolute atomic E-state index is 0.114. The standard InChI is InChI=1S/C26H27ClN4O6/c1-12-8-14-22(15(27)9-12)29-25(35)26(14)21-20(16(30-26)11-19(28)32)23(33)31(24(21)34)7-6-13-4-5-17(36-2)18(10-13)37-3/h4-5,8-10,16,20-21,30H,6-7,11H2,1-3H3,(H2,28,32)(H,29,35)/p+1/t16-,20-,21+,26-/m1/s1. The molecule has 4 atom stereocenters. The molecular weight excluding hydrogens is 500 g/mol. The molecule has 3 aliphatic rings. The van der Waals surface area contributed by atoms with E-state index in [1.54, 1.807) is 30.6 Å². The predicted molar refractivity (Wildman–Crippen MR) is 133 cm³/mol. The first-order valence-corrected chi connectivity index (χ1v) is 12.3. The molecule has 194 valence electrons. The van der Waals surface area contributed by atoms with Gasteiger partial charge in [-0.3, -0.25) is 24.1 Å². The van der Waals surface area contributed by atoms with Gasteiger partial charge in [-0.2, -0.15) is 0 Å². The third-order valence-electron chi connectivity index (χ3n) is 7.67. The van der Waals surface area contributed by atoms with Gasteiger partial charge in [0.05, 0.1) is 31.4 Å². The largest absolute Gasteiger partial charge is 0.493 e. The highest BCUT2D eigenvalue weighted by molar-refractivity contribution is 6.35. The number of primary amides is 1. The third kappa shape index (κ3) is 3.74. The molecule has 1 spiro atoms. The van der Waals surface area contributed by atoms with E-state index in [0.29, 0.717) is 34.2 Å². The van der Waals surface area contributed by atoms with Crippen LogP contribution in [0.15, 0.2) is 30.3 Å². The summed E-state index contributed by atoms with van der Waals surface area (Å²) in [6, 6.07) is 8.26. The molecule has 0 aromatic heterocycles. The summed E-state index contributed by atoms with van der Waals surface area (Å²) in [4.78, 5) is 54.2. The van der Waals surface area contributed by atoms with Gasteiger partial charge in [-0.15, -0.1) is 0 Å². The fourth-order valence-corrected chi connectivity index (χ4v) is 6.45. The van der Waals surface area contributed by atoms with E-state index < -0.39 is 47.0 Å². The second-order valence-electron chi connectivity index (χ2n) is 9.76. The van der Waals surface area contributed by atoms with E-state index in [9.17, 15) is 19.2 Å². The fourth-order valence-electron chi connectivity index (χ4n) is 6.13. The molecule has 10 nitrogen and oxygen atoms in total. The number of amides is 4. The van der Waals surface area contributed by atoms with Crippen LogP contribution in [0.25, 0.3) is 0 Å². The quantitative estimate of drug-likeness (QED) is 0.447. The molecule has 3 heterocycles. The van der Waals surface area contributed by atoms with Crippen LogP contribution in [0.4, 0.5) is 5.69 Å². The number of aryl methyl sites for hydroxylation is 1. The number of fused-ring (bicyclic) bond motifs is 4. The number of ether oxygens (including phenoxy) is 2. The van der Waals surface area contributed by atoms with Crippen LogP contribution in [0.2, 0.25) is 5.02 Å². The van der Waals surface area contributed by atoms with Crippen LogP contribution in [0.1, 0.15) is 23.1 Å². The van der Waals surface area contributed by atoms with Crippen LogP contribution in [0.5, 0.6) is 11.5 Å². The van der Waals surface area contributed by atoms with Gasteiger partial charge in [-0.25, -0.2) is 0 Å². The van der Waals surface area contributed by atoms with Crippen molar-refractivity contribution in [1.82, 2.24) is 4.90 Å². The van der Waals surface area contributed by atoms with Crippen LogP contribution in [0, 0.1) is 18.8 Å². The van der Waals surface area contributed by atoms with Crippen molar-refractivity contribution >= 4 is 40.9 Å². The Labute approximate surface area is 218 Å².